The Morgan fingerprint density at radius 3 is 1.93 bits per heavy atom. The summed E-state index contributed by atoms with van der Waals surface area (Å²) in [7, 11) is 0. The van der Waals surface area contributed by atoms with Crippen LogP contribution in [0.2, 0.25) is 0 Å². The summed E-state index contributed by atoms with van der Waals surface area (Å²) in [6, 6.07) is 27.5. The molecule has 2 N–H and O–H groups in total. The predicted octanol–water partition coefficient (Wildman–Crippen LogP) is 8.81. The van der Waals surface area contributed by atoms with E-state index in [0.29, 0.717) is 28.3 Å². The molecule has 1 aliphatic rings. The summed E-state index contributed by atoms with van der Waals surface area (Å²) in [5, 5.41) is 16.4. The van der Waals surface area contributed by atoms with E-state index in [9.17, 15) is 9.90 Å². The van der Waals surface area contributed by atoms with Crippen LogP contribution < -0.4 is 10.2 Å². The van der Waals surface area contributed by atoms with E-state index in [1.807, 2.05) is 126 Å². The Bertz CT molecular complexity index is 1940. The number of anilines is 2. The highest BCUT2D eigenvalue weighted by atomic mass is 16.3. The molecule has 5 aromatic rings. The van der Waals surface area contributed by atoms with Crippen LogP contribution >= 0.6 is 0 Å². The van der Waals surface area contributed by atoms with Crippen molar-refractivity contribution in [3.63, 3.8) is 0 Å². The van der Waals surface area contributed by atoms with Crippen LogP contribution in [0.15, 0.2) is 95.6 Å². The van der Waals surface area contributed by atoms with Gasteiger partial charge in [0.2, 0.25) is 5.90 Å². The molecule has 1 amide bonds. The number of amides is 1. The number of hydrogen-bond donors (Lipinski definition) is 2. The average Bonchev–Trinajstić information content (AvgIpc) is 3.24. The molecule has 4 aromatic carbocycles. The van der Waals surface area contributed by atoms with Crippen molar-refractivity contribution in [2.45, 2.75) is 41.5 Å². The Morgan fingerprint density at radius 1 is 0.744 bits per heavy atom. The number of aryl methyl sites for hydroxylation is 6. The van der Waals surface area contributed by atoms with Crippen LogP contribution in [0.4, 0.5) is 17.1 Å². The molecule has 6 heteroatoms. The molecule has 6 rings (SSSR count). The van der Waals surface area contributed by atoms with Crippen molar-refractivity contribution in [3.05, 3.63) is 135 Å². The lowest BCUT2D eigenvalue weighted by molar-refractivity contribution is 0.101. The van der Waals surface area contributed by atoms with Gasteiger partial charge >= 0.3 is 0 Å². The molecule has 0 unspecified atom stereocenters. The van der Waals surface area contributed by atoms with Gasteiger partial charge in [0, 0.05) is 11.1 Å². The van der Waals surface area contributed by atoms with Crippen molar-refractivity contribution in [2.24, 2.45) is 4.99 Å². The second kappa shape index (κ2) is 10.9. The highest BCUT2D eigenvalue weighted by Crippen LogP contribution is 2.42. The van der Waals surface area contributed by atoms with E-state index in [1.165, 1.54) is 0 Å². The van der Waals surface area contributed by atoms with Crippen molar-refractivity contribution in [1.82, 2.24) is 4.98 Å². The molecule has 0 atom stereocenters. The van der Waals surface area contributed by atoms with E-state index in [2.05, 4.69) is 5.32 Å². The molecule has 6 nitrogen and oxygen atoms in total. The smallest absolute Gasteiger partial charge is 0.265 e. The summed E-state index contributed by atoms with van der Waals surface area (Å²) in [6.07, 6.45) is 0. The number of rotatable bonds is 5. The highest BCUT2D eigenvalue weighted by molar-refractivity contribution is 6.26. The number of fused-ring (bicyclic) bond motifs is 2. The molecule has 0 radical (unpaired) electrons. The third kappa shape index (κ3) is 4.85. The number of aliphatic hydroxyl groups excluding tert-OH is 1. The molecule has 0 bridgehead atoms. The molecule has 43 heavy (non-hydrogen) atoms. The SMILES string of the molecule is Cc1cccc(C)c1N=C(O)/C(Nc1c(C)cccc1C)=C1/c2nc3ccccc3cc2C(=O)N1c1c(C)cccc1C. The molecule has 1 aliphatic heterocycles. The Hall–Kier alpha value is -5.23. The molecule has 0 aliphatic carbocycles. The van der Waals surface area contributed by atoms with Gasteiger partial charge in [-0.3, -0.25) is 9.69 Å². The van der Waals surface area contributed by atoms with E-state index in [0.717, 1.165) is 55.7 Å². The summed E-state index contributed by atoms with van der Waals surface area (Å²) in [5.41, 5.74) is 10.5. The van der Waals surface area contributed by atoms with Gasteiger partial charge in [0.15, 0.2) is 0 Å². The summed E-state index contributed by atoms with van der Waals surface area (Å²) in [6.45, 7) is 11.9. The summed E-state index contributed by atoms with van der Waals surface area (Å²) >= 11 is 0. The minimum Gasteiger partial charge on any atom is -0.492 e. The number of hydrogen-bond acceptors (Lipinski definition) is 4. The molecule has 0 fully saturated rings. The number of nitrogens with one attached hydrogen (secondary N) is 1. The number of benzene rings is 4. The van der Waals surface area contributed by atoms with E-state index in [1.54, 1.807) is 4.90 Å². The number of aromatic nitrogens is 1. The standard InChI is InChI=1S/C37H34N4O2/c1-21-12-9-13-22(2)30(21)39-33(36(42)40-31-23(3)14-10-15-24(31)4)35-32-28(20-27-18-7-8-19-29(27)38-32)37(43)41(35)34-25(5)16-11-17-26(34)6/h7-20,39H,1-6H3,(H,40,42)/b35-33+. The number of carbonyl (C=O) groups excluding carboxylic acids is 1. The number of aliphatic hydroxyl groups is 1. The molecule has 0 saturated carbocycles. The van der Waals surface area contributed by atoms with Crippen molar-refractivity contribution in [3.8, 4) is 0 Å². The lowest BCUT2D eigenvalue weighted by Gasteiger charge is -2.26. The Morgan fingerprint density at radius 2 is 1.30 bits per heavy atom. The van der Waals surface area contributed by atoms with Crippen LogP contribution in [-0.4, -0.2) is 21.9 Å². The minimum atomic E-state index is -0.234. The zero-order valence-corrected chi connectivity index (χ0v) is 25.3. The van der Waals surface area contributed by atoms with Crippen LogP contribution in [0.5, 0.6) is 0 Å². The normalized spacial score (nSPS) is 14.3. The number of para-hydroxylation sites is 4. The fourth-order valence-corrected chi connectivity index (χ4v) is 5.89. The van der Waals surface area contributed by atoms with Gasteiger partial charge in [-0.15, -0.1) is 0 Å². The van der Waals surface area contributed by atoms with Gasteiger partial charge in [0.1, 0.15) is 17.1 Å². The molecular weight excluding hydrogens is 532 g/mol. The van der Waals surface area contributed by atoms with Crippen molar-refractivity contribution >= 4 is 45.5 Å². The summed E-state index contributed by atoms with van der Waals surface area (Å²) < 4.78 is 0. The lowest BCUT2D eigenvalue weighted by Crippen LogP contribution is -2.28. The quantitative estimate of drug-likeness (QED) is 0.165. The maximum Gasteiger partial charge on any atom is 0.265 e. The fraction of sp³-hybridized carbons (Fsp3) is 0.162. The van der Waals surface area contributed by atoms with Gasteiger partial charge in [0.05, 0.1) is 22.5 Å². The highest BCUT2D eigenvalue weighted by Gasteiger charge is 2.40. The first-order valence-corrected chi connectivity index (χ1v) is 14.4. The van der Waals surface area contributed by atoms with Crippen LogP contribution in [0, 0.1) is 41.5 Å². The first-order valence-electron chi connectivity index (χ1n) is 14.4. The van der Waals surface area contributed by atoms with Crippen molar-refractivity contribution < 1.29 is 9.90 Å². The first kappa shape index (κ1) is 27.9. The second-order valence-corrected chi connectivity index (χ2v) is 11.2. The van der Waals surface area contributed by atoms with Gasteiger partial charge < -0.3 is 10.4 Å². The maximum absolute atomic E-state index is 14.4. The third-order valence-corrected chi connectivity index (χ3v) is 8.12. The zero-order valence-electron chi connectivity index (χ0n) is 25.3. The van der Waals surface area contributed by atoms with E-state index >= 15 is 0 Å². The first-order chi connectivity index (χ1) is 20.7. The van der Waals surface area contributed by atoms with Gasteiger partial charge in [-0.05, 0) is 87.1 Å². The number of carbonyl (C=O) groups is 1. The summed E-state index contributed by atoms with van der Waals surface area (Å²) in [5.74, 6) is -0.441. The fourth-order valence-electron chi connectivity index (χ4n) is 5.89. The number of pyridine rings is 1. The number of aliphatic imine (C=N–C) groups is 1. The largest absolute Gasteiger partial charge is 0.492 e. The van der Waals surface area contributed by atoms with Crippen LogP contribution in [-0.2, 0) is 0 Å². The summed E-state index contributed by atoms with van der Waals surface area (Å²) in [4.78, 5) is 25.9. The van der Waals surface area contributed by atoms with Crippen LogP contribution in [0.25, 0.3) is 16.6 Å². The minimum absolute atomic E-state index is 0.207. The van der Waals surface area contributed by atoms with Gasteiger partial charge in [-0.1, -0.05) is 72.8 Å². The molecule has 0 saturated heterocycles. The predicted molar refractivity (Wildman–Crippen MR) is 177 cm³/mol. The second-order valence-electron chi connectivity index (χ2n) is 11.2. The van der Waals surface area contributed by atoms with E-state index < -0.39 is 0 Å². The topological polar surface area (TPSA) is 77.8 Å². The van der Waals surface area contributed by atoms with Crippen LogP contribution in [0.3, 0.4) is 0 Å². The number of nitrogens with zero attached hydrogens (tertiary/aromatic N) is 3. The average molecular weight is 567 g/mol. The van der Waals surface area contributed by atoms with Gasteiger partial charge in [0.25, 0.3) is 5.91 Å². The Balaban J connectivity index is 1.74. The van der Waals surface area contributed by atoms with E-state index in [4.69, 9.17) is 9.98 Å². The monoisotopic (exact) mass is 566 g/mol. The molecule has 0 spiro atoms. The Labute approximate surface area is 252 Å². The third-order valence-electron chi connectivity index (χ3n) is 8.12. The van der Waals surface area contributed by atoms with Crippen LogP contribution in [0.1, 0.15) is 49.4 Å². The van der Waals surface area contributed by atoms with E-state index in [-0.39, 0.29) is 11.8 Å². The zero-order chi connectivity index (χ0) is 30.4. The van der Waals surface area contributed by atoms with Crippen molar-refractivity contribution in [1.29, 1.82) is 0 Å². The maximum atomic E-state index is 14.4. The molecule has 214 valence electrons. The van der Waals surface area contributed by atoms with Gasteiger partial charge in [-0.2, -0.15) is 0 Å². The van der Waals surface area contributed by atoms with Crippen molar-refractivity contribution in [2.75, 3.05) is 10.2 Å². The molecule has 2 heterocycles. The lowest BCUT2D eigenvalue weighted by atomic mass is 10.1. The van der Waals surface area contributed by atoms with Gasteiger partial charge in [-0.25, -0.2) is 9.98 Å². The Kier molecular flexibility index (Phi) is 7.06. The molecule has 1 aromatic heterocycles. The molecular formula is C37H34N4O2.